The molecule has 0 aromatic heterocycles. The third-order valence-corrected chi connectivity index (χ3v) is 9.38. The Morgan fingerprint density at radius 1 is 0.620 bits per heavy atom. The molecule has 0 aliphatic heterocycles. The third kappa shape index (κ3) is 38.0. The molecule has 0 fully saturated rings. The van der Waals surface area contributed by atoms with E-state index in [4.69, 9.17) is 18.5 Å². The molecule has 0 bridgehead atoms. The number of ether oxygens (including phenoxy) is 2. The lowest BCUT2D eigenvalue weighted by atomic mass is 10.1. The number of rotatable bonds is 37. The van der Waals surface area contributed by atoms with Crippen LogP contribution in [0.5, 0.6) is 0 Å². The first-order valence-electron chi connectivity index (χ1n) is 20.2. The Hall–Kier alpha value is -1.28. The molecular weight excluding hydrogens is 649 g/mol. The molecule has 2 unspecified atom stereocenters. The summed E-state index contributed by atoms with van der Waals surface area (Å²) in [6.45, 7) is 5.31. The quantitative estimate of drug-likeness (QED) is 0.0207. The maximum absolute atomic E-state index is 12.6. The van der Waals surface area contributed by atoms with Crippen LogP contribution in [0.2, 0.25) is 0 Å². The number of phosphoric acid groups is 1. The number of allylic oxidation sites excluding steroid dienone is 6. The van der Waals surface area contributed by atoms with Crippen LogP contribution in [0, 0.1) is 0 Å². The van der Waals surface area contributed by atoms with E-state index < -0.39 is 13.9 Å². The predicted octanol–water partition coefficient (Wildman–Crippen LogP) is 10.8. The summed E-state index contributed by atoms with van der Waals surface area (Å²) in [6.07, 6.45) is 38.6. The number of hydrogen-bond acceptors (Lipinski definition) is 7. The topological polar surface area (TPSA) is 94.1 Å². The lowest BCUT2D eigenvalue weighted by Gasteiger charge is -2.28. The van der Waals surface area contributed by atoms with E-state index in [1.54, 1.807) is 0 Å². The van der Waals surface area contributed by atoms with Crippen molar-refractivity contribution in [3.05, 3.63) is 36.5 Å². The fraction of sp³-hybridized carbons (Fsp3) is 0.829. The summed E-state index contributed by atoms with van der Waals surface area (Å²) < 4.78 is 34.4. The molecule has 0 saturated heterocycles. The highest BCUT2D eigenvalue weighted by Gasteiger charge is 2.20. The van der Waals surface area contributed by atoms with E-state index in [-0.39, 0.29) is 25.8 Å². The van der Waals surface area contributed by atoms with Gasteiger partial charge in [-0.3, -0.25) is 9.36 Å². The van der Waals surface area contributed by atoms with Crippen molar-refractivity contribution in [3.63, 3.8) is 0 Å². The zero-order valence-electron chi connectivity index (χ0n) is 33.1. The Labute approximate surface area is 308 Å². The lowest BCUT2D eigenvalue weighted by molar-refractivity contribution is -0.870. The number of nitrogens with zero attached hydrogens (tertiary/aromatic N) is 1. The van der Waals surface area contributed by atoms with Crippen molar-refractivity contribution < 1.29 is 37.3 Å². The van der Waals surface area contributed by atoms with E-state index in [9.17, 15) is 14.3 Å². The van der Waals surface area contributed by atoms with E-state index in [2.05, 4.69) is 50.3 Å². The molecule has 0 rings (SSSR count). The molecule has 0 aliphatic rings. The summed E-state index contributed by atoms with van der Waals surface area (Å²) in [5.74, 6) is -0.350. The number of carbonyl (C=O) groups excluding carboxylic acids is 1. The summed E-state index contributed by atoms with van der Waals surface area (Å²) in [6, 6.07) is 0. The van der Waals surface area contributed by atoms with Gasteiger partial charge in [0.05, 0.1) is 34.4 Å². The van der Waals surface area contributed by atoms with Crippen molar-refractivity contribution in [2.75, 3.05) is 54.1 Å². The SMILES string of the molecule is CCCC/C=C\CCCCCCCC(=O)OC(COCCCCCCCC/C=C\C/C=C\CCCCCC)COP(=O)([O-])OCC[N+](C)(C)C. The smallest absolute Gasteiger partial charge is 0.306 e. The Morgan fingerprint density at radius 3 is 1.70 bits per heavy atom. The van der Waals surface area contributed by atoms with Crippen LogP contribution in [0.3, 0.4) is 0 Å². The van der Waals surface area contributed by atoms with Gasteiger partial charge in [-0.15, -0.1) is 0 Å². The summed E-state index contributed by atoms with van der Waals surface area (Å²) in [4.78, 5) is 24.9. The van der Waals surface area contributed by atoms with Gasteiger partial charge in [0.15, 0.2) is 0 Å². The fourth-order valence-corrected chi connectivity index (χ4v) is 5.93. The van der Waals surface area contributed by atoms with Gasteiger partial charge in [-0.05, 0) is 64.2 Å². The predicted molar refractivity (Wildman–Crippen MR) is 208 cm³/mol. The number of quaternary nitrogens is 1. The minimum Gasteiger partial charge on any atom is -0.756 e. The second-order valence-corrected chi connectivity index (χ2v) is 16.0. The van der Waals surface area contributed by atoms with Crippen molar-refractivity contribution in [2.45, 2.75) is 168 Å². The molecule has 0 heterocycles. The lowest BCUT2D eigenvalue weighted by Crippen LogP contribution is -2.37. The molecule has 0 aromatic carbocycles. The molecule has 0 amide bonds. The van der Waals surface area contributed by atoms with Gasteiger partial charge in [0.1, 0.15) is 19.3 Å². The van der Waals surface area contributed by atoms with Crippen molar-refractivity contribution in [1.82, 2.24) is 0 Å². The zero-order chi connectivity index (χ0) is 37.0. The van der Waals surface area contributed by atoms with E-state index in [1.165, 1.54) is 77.0 Å². The van der Waals surface area contributed by atoms with Gasteiger partial charge in [-0.2, -0.15) is 0 Å². The molecule has 0 saturated carbocycles. The van der Waals surface area contributed by atoms with Gasteiger partial charge in [0.25, 0.3) is 7.82 Å². The molecule has 0 spiro atoms. The normalized spacial score (nSPS) is 14.3. The Bertz CT molecular complexity index is 900. The number of hydrogen-bond donors (Lipinski definition) is 0. The standard InChI is InChI=1S/C41H78NO7P/c1-6-8-10-12-14-16-18-19-20-21-22-23-25-27-29-31-33-36-46-38-40(39-48-50(44,45)47-37-35-42(3,4)5)49-41(43)34-32-30-28-26-24-17-15-13-11-9-7-2/h13,15-16,18,20-21,40H,6-12,14,17,19,22-39H2,1-5H3/b15-13-,18-16-,21-20-. The van der Waals surface area contributed by atoms with Crippen LogP contribution < -0.4 is 4.89 Å². The maximum Gasteiger partial charge on any atom is 0.306 e. The fourth-order valence-electron chi connectivity index (χ4n) is 5.20. The van der Waals surface area contributed by atoms with Crippen LogP contribution in [-0.4, -0.2) is 70.7 Å². The van der Waals surface area contributed by atoms with E-state index in [0.717, 1.165) is 64.2 Å². The molecule has 0 radical (unpaired) electrons. The second kappa shape index (κ2) is 34.8. The summed E-state index contributed by atoms with van der Waals surface area (Å²) in [7, 11) is 1.34. The van der Waals surface area contributed by atoms with Crippen LogP contribution in [0.4, 0.5) is 0 Å². The highest BCUT2D eigenvalue weighted by molar-refractivity contribution is 7.45. The average molecular weight is 728 g/mol. The Kier molecular flexibility index (Phi) is 33.9. The number of phosphoric ester groups is 1. The largest absolute Gasteiger partial charge is 0.756 e. The maximum atomic E-state index is 12.6. The van der Waals surface area contributed by atoms with Crippen molar-refractivity contribution in [2.24, 2.45) is 0 Å². The zero-order valence-corrected chi connectivity index (χ0v) is 34.0. The first-order valence-corrected chi connectivity index (χ1v) is 21.7. The minimum atomic E-state index is -4.52. The minimum absolute atomic E-state index is 0.0218. The van der Waals surface area contributed by atoms with Gasteiger partial charge >= 0.3 is 5.97 Å². The van der Waals surface area contributed by atoms with E-state index in [0.29, 0.717) is 24.1 Å². The van der Waals surface area contributed by atoms with Gasteiger partial charge in [-0.25, -0.2) is 0 Å². The van der Waals surface area contributed by atoms with Gasteiger partial charge in [0, 0.05) is 13.0 Å². The molecule has 9 heteroatoms. The average Bonchev–Trinajstić information content (AvgIpc) is 3.06. The van der Waals surface area contributed by atoms with Crippen molar-refractivity contribution in [3.8, 4) is 0 Å². The van der Waals surface area contributed by atoms with Crippen LogP contribution in [0.1, 0.15) is 162 Å². The van der Waals surface area contributed by atoms with Crippen molar-refractivity contribution in [1.29, 1.82) is 0 Å². The molecule has 0 aliphatic carbocycles. The first-order chi connectivity index (χ1) is 24.1. The molecule has 0 N–H and O–H groups in total. The van der Waals surface area contributed by atoms with Crippen molar-refractivity contribution >= 4 is 13.8 Å². The molecule has 50 heavy (non-hydrogen) atoms. The van der Waals surface area contributed by atoms with E-state index >= 15 is 0 Å². The highest BCUT2D eigenvalue weighted by Crippen LogP contribution is 2.38. The van der Waals surface area contributed by atoms with Crippen LogP contribution >= 0.6 is 7.82 Å². The highest BCUT2D eigenvalue weighted by atomic mass is 31.2. The molecule has 294 valence electrons. The summed E-state index contributed by atoms with van der Waals surface area (Å²) in [5, 5.41) is 0. The number of likely N-dealkylation sites (N-methyl/N-ethyl adjacent to an activating group) is 1. The van der Waals surface area contributed by atoms with E-state index in [1.807, 2.05) is 21.1 Å². The van der Waals surface area contributed by atoms with Gasteiger partial charge < -0.3 is 27.9 Å². The van der Waals surface area contributed by atoms with Crippen LogP contribution in [0.15, 0.2) is 36.5 Å². The summed E-state index contributed by atoms with van der Waals surface area (Å²) >= 11 is 0. The Balaban J connectivity index is 4.28. The third-order valence-electron chi connectivity index (χ3n) is 8.41. The monoisotopic (exact) mass is 728 g/mol. The first kappa shape index (κ1) is 48.7. The van der Waals surface area contributed by atoms with Gasteiger partial charge in [-0.1, -0.05) is 127 Å². The number of carbonyl (C=O) groups is 1. The van der Waals surface area contributed by atoms with Crippen LogP contribution in [-0.2, 0) is 27.9 Å². The van der Waals surface area contributed by atoms with Crippen LogP contribution in [0.25, 0.3) is 0 Å². The summed E-state index contributed by atoms with van der Waals surface area (Å²) in [5.41, 5.74) is 0. The van der Waals surface area contributed by atoms with Gasteiger partial charge in [0.2, 0.25) is 0 Å². The number of unbranched alkanes of at least 4 members (excludes halogenated alkanes) is 17. The second-order valence-electron chi connectivity index (χ2n) is 14.6. The number of esters is 1. The molecule has 2 atom stereocenters. The molecule has 0 aromatic rings. The molecular formula is C41H78NO7P. The Morgan fingerprint density at radius 2 is 1.12 bits per heavy atom. The molecule has 8 nitrogen and oxygen atoms in total.